The first-order chi connectivity index (χ1) is 34.6. The van der Waals surface area contributed by atoms with Crippen molar-refractivity contribution in [2.24, 2.45) is 0 Å². The van der Waals surface area contributed by atoms with E-state index in [9.17, 15) is 0 Å². The highest BCUT2D eigenvalue weighted by Gasteiger charge is 2.50. The Hall–Kier alpha value is -6.00. The predicted molar refractivity (Wildman–Crippen MR) is 320 cm³/mol. The normalized spacial score (nSPS) is 19.5. The van der Waals surface area contributed by atoms with Crippen LogP contribution in [0.15, 0.2) is 127 Å². The number of hydrogen-bond donors (Lipinski definition) is 0. The van der Waals surface area contributed by atoms with Crippen molar-refractivity contribution in [1.82, 2.24) is 0 Å². The zero-order chi connectivity index (χ0) is 52.6. The average molecular weight is 974 g/mol. The lowest BCUT2D eigenvalue weighted by Crippen LogP contribution is -2.62. The first-order valence-corrected chi connectivity index (χ1v) is 27.9. The van der Waals surface area contributed by atoms with Crippen molar-refractivity contribution < 1.29 is 0 Å². The molecule has 0 bridgehead atoms. The fourth-order valence-corrected chi connectivity index (χ4v) is 15.5. The van der Waals surface area contributed by atoms with E-state index in [-0.39, 0.29) is 44.6 Å². The Bertz CT molecular complexity index is 3430. The monoisotopic (exact) mass is 974 g/mol. The molecule has 0 saturated carbocycles. The van der Waals surface area contributed by atoms with Gasteiger partial charge < -0.3 is 14.7 Å². The lowest BCUT2D eigenvalue weighted by atomic mass is 9.33. The van der Waals surface area contributed by atoms with Crippen molar-refractivity contribution >= 4 is 74.3 Å². The summed E-state index contributed by atoms with van der Waals surface area (Å²) in [7, 11) is 0. The van der Waals surface area contributed by atoms with Gasteiger partial charge >= 0.3 is 0 Å². The Labute approximate surface area is 445 Å². The van der Waals surface area contributed by atoms with Gasteiger partial charge in [-0.25, -0.2) is 0 Å². The minimum atomic E-state index is -0.0495. The van der Waals surface area contributed by atoms with Crippen LogP contribution in [0.3, 0.4) is 0 Å². The number of para-hydroxylation sites is 2. The fraction of sp³-hybridized carbons (Fsp3) is 0.400. The molecule has 0 radical (unpaired) electrons. The maximum absolute atomic E-state index is 2.76. The van der Waals surface area contributed by atoms with Crippen molar-refractivity contribution in [3.8, 4) is 0 Å². The van der Waals surface area contributed by atoms with Crippen molar-refractivity contribution in [2.45, 2.75) is 181 Å². The molecule has 0 saturated heterocycles. The summed E-state index contributed by atoms with van der Waals surface area (Å²) in [5, 5.41) is 0. The molecule has 378 valence electrons. The first kappa shape index (κ1) is 48.9. The Kier molecular flexibility index (Phi) is 10.4. The van der Waals surface area contributed by atoms with Crippen molar-refractivity contribution in [2.75, 3.05) is 14.7 Å². The molecule has 3 aliphatic carbocycles. The Morgan fingerprint density at radius 3 is 1.26 bits per heavy atom. The molecule has 12 rings (SSSR count). The average Bonchev–Trinajstić information content (AvgIpc) is 3.63. The zero-order valence-electron chi connectivity index (χ0n) is 47.9. The number of nitrogens with zero attached hydrogens (tertiary/aromatic N) is 3. The number of hydrogen-bond acceptors (Lipinski definition) is 3. The van der Waals surface area contributed by atoms with Gasteiger partial charge in [-0.3, -0.25) is 0 Å². The van der Waals surface area contributed by atoms with Gasteiger partial charge in [-0.15, -0.1) is 0 Å². The van der Waals surface area contributed by atoms with Gasteiger partial charge in [0.15, 0.2) is 0 Å². The summed E-state index contributed by atoms with van der Waals surface area (Å²) in [6, 6.07) is 50.5. The first-order valence-electron chi connectivity index (χ1n) is 27.9. The molecule has 0 unspecified atom stereocenters. The van der Waals surface area contributed by atoms with E-state index in [1.54, 1.807) is 0 Å². The Morgan fingerprint density at radius 2 is 0.784 bits per heavy atom. The molecule has 0 aromatic heterocycles. The van der Waals surface area contributed by atoms with Crippen LogP contribution in [0.5, 0.6) is 0 Å². The predicted octanol–water partition coefficient (Wildman–Crippen LogP) is 17.4. The highest BCUT2D eigenvalue weighted by atomic mass is 15.2. The summed E-state index contributed by atoms with van der Waals surface area (Å²) in [5.74, 6) is 0. The number of fused-ring (bicyclic) bond motifs is 7. The van der Waals surface area contributed by atoms with Crippen molar-refractivity contribution in [3.05, 3.63) is 177 Å². The van der Waals surface area contributed by atoms with E-state index in [0.717, 1.165) is 36.3 Å². The van der Waals surface area contributed by atoms with Crippen LogP contribution in [0.4, 0.5) is 51.2 Å². The summed E-state index contributed by atoms with van der Waals surface area (Å²) in [5.41, 5.74) is 28.4. The lowest BCUT2D eigenvalue weighted by Gasteiger charge is -2.47. The smallest absolute Gasteiger partial charge is 0.252 e. The Balaban J connectivity index is 1.27. The highest BCUT2D eigenvalue weighted by molar-refractivity contribution is 7.00. The van der Waals surface area contributed by atoms with Gasteiger partial charge in [-0.05, 0) is 205 Å². The van der Waals surface area contributed by atoms with E-state index in [1.807, 2.05) is 0 Å². The molecule has 2 heterocycles. The van der Waals surface area contributed by atoms with Crippen molar-refractivity contribution in [3.63, 3.8) is 0 Å². The molecule has 3 nitrogen and oxygen atoms in total. The third kappa shape index (κ3) is 7.26. The van der Waals surface area contributed by atoms with E-state index in [4.69, 9.17) is 0 Å². The minimum Gasteiger partial charge on any atom is -0.311 e. The molecular weight excluding hydrogens is 894 g/mol. The van der Waals surface area contributed by atoms with Gasteiger partial charge in [-0.1, -0.05) is 171 Å². The quantitative estimate of drug-likeness (QED) is 0.159. The zero-order valence-corrected chi connectivity index (χ0v) is 47.9. The van der Waals surface area contributed by atoms with Crippen LogP contribution in [0.2, 0.25) is 0 Å². The van der Waals surface area contributed by atoms with E-state index in [1.165, 1.54) is 107 Å². The van der Waals surface area contributed by atoms with Gasteiger partial charge in [0.25, 0.3) is 6.71 Å². The second kappa shape index (κ2) is 15.8. The lowest BCUT2D eigenvalue weighted by molar-refractivity contribution is 0.332. The van der Waals surface area contributed by atoms with Gasteiger partial charge in [0.05, 0.1) is 5.69 Å². The highest BCUT2D eigenvalue weighted by Crippen LogP contribution is 2.57. The molecule has 7 aromatic carbocycles. The van der Waals surface area contributed by atoms with Gasteiger partial charge in [0.2, 0.25) is 0 Å². The number of rotatable bonds is 5. The standard InChI is InChI=1S/C70H80BN3/c1-43-32-49-52(66(8,9)31-30-65(49,6)7)38-59(43)74-60-40-54-51(68(12,13)42-70(54,16)17)37-56(60)71-55-34-45(64(3,4)5)28-29-57(55)73(58-39-53-50(33-44(58)2)67(10,11)41-69(53,14)15)61-35-48(36-62(74)63(61)71)72(46-24-20-18-21-25-46)47-26-22-19-23-27-47/h18-29,32-40H,30-31,41-42H2,1-17H3. The SMILES string of the molecule is Cc1cc2c(cc1N1c3cc4c(cc3B3c5cc(C(C)(C)C)ccc5N(c5cc6c(cc5C)C(C)(C)CC6(C)C)c5cc(N(c6ccccc6)c6ccccc6)cc1c53)C(C)(C)CC4(C)C)C(C)(C)CCC2(C)C. The van der Waals surface area contributed by atoms with Crippen LogP contribution in [0.1, 0.15) is 180 Å². The minimum absolute atomic E-state index is 0.00919. The second-order valence-corrected chi connectivity index (χ2v) is 28.5. The molecule has 0 spiro atoms. The van der Waals surface area contributed by atoms with E-state index < -0.39 is 0 Å². The van der Waals surface area contributed by atoms with Gasteiger partial charge in [-0.2, -0.15) is 0 Å². The molecule has 0 N–H and O–H groups in total. The third-order valence-corrected chi connectivity index (χ3v) is 19.0. The van der Waals surface area contributed by atoms with Crippen LogP contribution in [0.25, 0.3) is 0 Å². The fourth-order valence-electron chi connectivity index (χ4n) is 15.5. The summed E-state index contributed by atoms with van der Waals surface area (Å²) in [6.07, 6.45) is 4.58. The van der Waals surface area contributed by atoms with Crippen LogP contribution >= 0.6 is 0 Å². The molecular formula is C70H80BN3. The molecule has 74 heavy (non-hydrogen) atoms. The summed E-state index contributed by atoms with van der Waals surface area (Å²) >= 11 is 0. The topological polar surface area (TPSA) is 9.72 Å². The summed E-state index contributed by atoms with van der Waals surface area (Å²) in [6.45, 7) is 41.6. The van der Waals surface area contributed by atoms with Crippen LogP contribution < -0.4 is 31.1 Å². The number of benzene rings is 7. The van der Waals surface area contributed by atoms with E-state index in [2.05, 4.69) is 260 Å². The third-order valence-electron chi connectivity index (χ3n) is 19.0. The number of aryl methyl sites for hydroxylation is 2. The van der Waals surface area contributed by atoms with Crippen LogP contribution in [-0.2, 0) is 37.9 Å². The van der Waals surface area contributed by atoms with Crippen molar-refractivity contribution in [1.29, 1.82) is 0 Å². The maximum Gasteiger partial charge on any atom is 0.252 e. The maximum atomic E-state index is 2.76. The molecule has 4 heteroatoms. The number of anilines is 9. The van der Waals surface area contributed by atoms with Crippen LogP contribution in [0, 0.1) is 13.8 Å². The molecule has 7 aromatic rings. The Morgan fingerprint density at radius 1 is 0.392 bits per heavy atom. The van der Waals surface area contributed by atoms with Gasteiger partial charge in [0.1, 0.15) is 0 Å². The second-order valence-electron chi connectivity index (χ2n) is 28.5. The molecule has 0 atom stereocenters. The summed E-state index contributed by atoms with van der Waals surface area (Å²) in [4.78, 5) is 7.97. The van der Waals surface area contributed by atoms with E-state index in [0.29, 0.717) is 0 Å². The molecule has 0 amide bonds. The summed E-state index contributed by atoms with van der Waals surface area (Å²) < 4.78 is 0. The van der Waals surface area contributed by atoms with E-state index >= 15 is 0 Å². The molecule has 0 fully saturated rings. The largest absolute Gasteiger partial charge is 0.311 e. The van der Waals surface area contributed by atoms with Crippen LogP contribution in [-0.4, -0.2) is 6.71 Å². The molecule has 2 aliphatic heterocycles. The van der Waals surface area contributed by atoms with Gasteiger partial charge in [0, 0.05) is 45.5 Å². The molecule has 5 aliphatic rings.